The van der Waals surface area contributed by atoms with Gasteiger partial charge >= 0.3 is 6.18 Å². The van der Waals surface area contributed by atoms with Gasteiger partial charge in [0.2, 0.25) is 5.95 Å². The molecular weight excluding hydrogens is 357 g/mol. The second-order valence-electron chi connectivity index (χ2n) is 5.34. The quantitative estimate of drug-likeness (QED) is 0.563. The standard InChI is InChI=1S/C17H10F5N3O/c18-11-3-1-9(2-4-11)15(26)12-7-10(17(20,21)22)8-13(19)14(12)25-6-5-24-16(25)23/h1-8H,(H2,23,24). The maximum atomic E-state index is 14.5. The first-order valence-corrected chi connectivity index (χ1v) is 7.18. The highest BCUT2D eigenvalue weighted by Gasteiger charge is 2.34. The van der Waals surface area contributed by atoms with E-state index in [1.165, 1.54) is 12.4 Å². The maximum Gasteiger partial charge on any atom is 0.416 e. The number of hydrogen-bond donors (Lipinski definition) is 1. The highest BCUT2D eigenvalue weighted by molar-refractivity contribution is 6.11. The number of imidazole rings is 1. The zero-order chi connectivity index (χ0) is 19.1. The third-order valence-electron chi connectivity index (χ3n) is 3.65. The lowest BCUT2D eigenvalue weighted by atomic mass is 9.98. The van der Waals surface area contributed by atoms with Crippen LogP contribution in [0.4, 0.5) is 27.9 Å². The number of carbonyl (C=O) groups is 1. The number of carbonyl (C=O) groups excluding carboxylic acids is 1. The van der Waals surface area contributed by atoms with E-state index in [2.05, 4.69) is 4.98 Å². The van der Waals surface area contributed by atoms with E-state index in [0.717, 1.165) is 28.8 Å². The van der Waals surface area contributed by atoms with Crippen molar-refractivity contribution in [1.82, 2.24) is 9.55 Å². The van der Waals surface area contributed by atoms with Crippen LogP contribution in [0, 0.1) is 11.6 Å². The molecule has 2 N–H and O–H groups in total. The first-order chi connectivity index (χ1) is 12.2. The molecule has 9 heteroatoms. The molecule has 0 bridgehead atoms. The summed E-state index contributed by atoms with van der Waals surface area (Å²) < 4.78 is 67.7. The van der Waals surface area contributed by atoms with Gasteiger partial charge < -0.3 is 5.73 Å². The van der Waals surface area contributed by atoms with Crippen LogP contribution in [0.25, 0.3) is 5.69 Å². The fraction of sp³-hybridized carbons (Fsp3) is 0.0588. The number of hydrogen-bond acceptors (Lipinski definition) is 3. The smallest absolute Gasteiger partial charge is 0.369 e. The Balaban J connectivity index is 2.26. The molecule has 2 aromatic carbocycles. The molecule has 134 valence electrons. The van der Waals surface area contributed by atoms with Crippen LogP contribution in [0.2, 0.25) is 0 Å². The molecule has 26 heavy (non-hydrogen) atoms. The van der Waals surface area contributed by atoms with Crippen LogP contribution >= 0.6 is 0 Å². The predicted octanol–water partition coefficient (Wildman–Crippen LogP) is 3.98. The molecule has 1 aromatic heterocycles. The van der Waals surface area contributed by atoms with E-state index in [1.54, 1.807) is 0 Å². The largest absolute Gasteiger partial charge is 0.416 e. The molecule has 3 rings (SSSR count). The van der Waals surface area contributed by atoms with E-state index in [-0.39, 0.29) is 17.6 Å². The molecule has 0 saturated heterocycles. The molecular formula is C17H10F5N3O. The molecule has 0 unspecified atom stereocenters. The molecule has 0 fully saturated rings. The molecule has 0 aliphatic rings. The molecule has 0 aliphatic carbocycles. The van der Waals surface area contributed by atoms with Crippen molar-refractivity contribution in [3.63, 3.8) is 0 Å². The molecule has 0 saturated carbocycles. The van der Waals surface area contributed by atoms with Crippen LogP contribution in [0.3, 0.4) is 0 Å². The van der Waals surface area contributed by atoms with Gasteiger partial charge in [-0.05, 0) is 36.4 Å². The number of nitrogens with two attached hydrogens (primary N) is 1. The van der Waals surface area contributed by atoms with Crippen LogP contribution in [0.1, 0.15) is 21.5 Å². The van der Waals surface area contributed by atoms with E-state index < -0.39 is 40.4 Å². The maximum absolute atomic E-state index is 14.5. The van der Waals surface area contributed by atoms with Gasteiger partial charge in [0.15, 0.2) is 5.78 Å². The van der Waals surface area contributed by atoms with Gasteiger partial charge in [0.25, 0.3) is 0 Å². The minimum absolute atomic E-state index is 0.106. The fourth-order valence-corrected chi connectivity index (χ4v) is 2.44. The van der Waals surface area contributed by atoms with Crippen molar-refractivity contribution in [2.24, 2.45) is 0 Å². The Labute approximate surface area is 143 Å². The first kappa shape index (κ1) is 17.6. The number of anilines is 1. The predicted molar refractivity (Wildman–Crippen MR) is 82.8 cm³/mol. The fourth-order valence-electron chi connectivity index (χ4n) is 2.44. The third-order valence-corrected chi connectivity index (χ3v) is 3.65. The second kappa shape index (κ2) is 6.25. The monoisotopic (exact) mass is 367 g/mol. The zero-order valence-corrected chi connectivity index (χ0v) is 12.9. The Morgan fingerprint density at radius 1 is 1.08 bits per heavy atom. The minimum atomic E-state index is -4.86. The van der Waals surface area contributed by atoms with E-state index in [0.29, 0.717) is 6.07 Å². The van der Waals surface area contributed by atoms with Crippen LogP contribution in [-0.2, 0) is 6.18 Å². The lowest BCUT2D eigenvalue weighted by Crippen LogP contribution is -2.15. The van der Waals surface area contributed by atoms with Crippen LogP contribution in [0.5, 0.6) is 0 Å². The Bertz CT molecular complexity index is 977. The molecule has 0 aliphatic heterocycles. The lowest BCUT2D eigenvalue weighted by molar-refractivity contribution is -0.137. The first-order valence-electron chi connectivity index (χ1n) is 7.18. The number of halogens is 5. The molecule has 3 aromatic rings. The molecule has 0 radical (unpaired) electrons. The van der Waals surface area contributed by atoms with Crippen molar-refractivity contribution in [3.05, 3.63) is 77.1 Å². The molecule has 0 spiro atoms. The lowest BCUT2D eigenvalue weighted by Gasteiger charge is -2.15. The summed E-state index contributed by atoms with van der Waals surface area (Å²) in [6.07, 6.45) is -2.45. The summed E-state index contributed by atoms with van der Waals surface area (Å²) in [5.41, 5.74) is 3.11. The zero-order valence-electron chi connectivity index (χ0n) is 12.9. The highest BCUT2D eigenvalue weighted by atomic mass is 19.4. The van der Waals surface area contributed by atoms with Gasteiger partial charge in [-0.15, -0.1) is 0 Å². The molecule has 0 amide bonds. The number of benzene rings is 2. The van der Waals surface area contributed by atoms with Gasteiger partial charge in [0, 0.05) is 18.0 Å². The highest BCUT2D eigenvalue weighted by Crippen LogP contribution is 2.34. The van der Waals surface area contributed by atoms with E-state index in [9.17, 15) is 26.7 Å². The second-order valence-corrected chi connectivity index (χ2v) is 5.34. The van der Waals surface area contributed by atoms with E-state index >= 15 is 0 Å². The summed E-state index contributed by atoms with van der Waals surface area (Å²) in [7, 11) is 0. The third kappa shape index (κ3) is 3.15. The summed E-state index contributed by atoms with van der Waals surface area (Å²) in [6.45, 7) is 0. The van der Waals surface area contributed by atoms with Crippen molar-refractivity contribution in [2.75, 3.05) is 5.73 Å². The van der Waals surface area contributed by atoms with Crippen molar-refractivity contribution in [1.29, 1.82) is 0 Å². The van der Waals surface area contributed by atoms with Crippen LogP contribution in [-0.4, -0.2) is 15.3 Å². The summed E-state index contributed by atoms with van der Waals surface area (Å²) in [4.78, 5) is 16.4. The Morgan fingerprint density at radius 2 is 1.73 bits per heavy atom. The van der Waals surface area contributed by atoms with Crippen LogP contribution < -0.4 is 5.73 Å². The van der Waals surface area contributed by atoms with Gasteiger partial charge in [-0.1, -0.05) is 0 Å². The Kier molecular flexibility index (Phi) is 4.23. The Morgan fingerprint density at radius 3 is 2.27 bits per heavy atom. The van der Waals surface area contributed by atoms with Gasteiger partial charge in [-0.3, -0.25) is 9.36 Å². The summed E-state index contributed by atoms with van der Waals surface area (Å²) >= 11 is 0. The molecule has 4 nitrogen and oxygen atoms in total. The summed E-state index contributed by atoms with van der Waals surface area (Å²) in [6, 6.07) is 4.94. The number of nitrogen functional groups attached to an aromatic ring is 1. The van der Waals surface area contributed by atoms with E-state index in [1.807, 2.05) is 0 Å². The van der Waals surface area contributed by atoms with Crippen LogP contribution in [0.15, 0.2) is 48.8 Å². The van der Waals surface area contributed by atoms with E-state index in [4.69, 9.17) is 5.73 Å². The molecule has 1 heterocycles. The Hall–Kier alpha value is -3.23. The van der Waals surface area contributed by atoms with Crippen molar-refractivity contribution < 1.29 is 26.7 Å². The van der Waals surface area contributed by atoms with Gasteiger partial charge in [0.05, 0.1) is 16.8 Å². The summed E-state index contributed by atoms with van der Waals surface area (Å²) in [5.74, 6) is -3.05. The van der Waals surface area contributed by atoms with Crippen molar-refractivity contribution in [3.8, 4) is 5.69 Å². The molecule has 0 atom stereocenters. The normalized spacial score (nSPS) is 11.6. The number of ketones is 1. The SMILES string of the molecule is Nc1nccn1-c1c(F)cc(C(F)(F)F)cc1C(=O)c1ccc(F)cc1. The van der Waals surface area contributed by atoms with Gasteiger partial charge in [0.1, 0.15) is 11.6 Å². The number of aromatic nitrogens is 2. The van der Waals surface area contributed by atoms with Crippen molar-refractivity contribution in [2.45, 2.75) is 6.18 Å². The summed E-state index contributed by atoms with van der Waals surface area (Å²) in [5, 5.41) is 0. The minimum Gasteiger partial charge on any atom is -0.369 e. The average Bonchev–Trinajstić information content (AvgIpc) is 2.99. The number of alkyl halides is 3. The number of nitrogens with zero attached hydrogens (tertiary/aromatic N) is 2. The number of rotatable bonds is 3. The van der Waals surface area contributed by atoms with Crippen molar-refractivity contribution >= 4 is 11.7 Å². The average molecular weight is 367 g/mol. The van der Waals surface area contributed by atoms with Gasteiger partial charge in [-0.25, -0.2) is 13.8 Å². The van der Waals surface area contributed by atoms with Gasteiger partial charge in [-0.2, -0.15) is 13.2 Å². The topological polar surface area (TPSA) is 60.9 Å².